The zero-order chi connectivity index (χ0) is 7.49. The first-order chi connectivity index (χ1) is 3.92. The van der Waals surface area contributed by atoms with Gasteiger partial charge >= 0.3 is 59.1 Å². The molecule has 0 aromatic heterocycles. The van der Waals surface area contributed by atoms with Gasteiger partial charge in [-0.05, 0) is 19.5 Å². The summed E-state index contributed by atoms with van der Waals surface area (Å²) in [5, 5.41) is 0. The van der Waals surface area contributed by atoms with Gasteiger partial charge in [-0.3, -0.25) is 0 Å². The van der Waals surface area contributed by atoms with Crippen molar-refractivity contribution in [1.29, 1.82) is 0 Å². The fraction of sp³-hybridized carbons (Fsp3) is 1.00. The third-order valence-corrected chi connectivity index (χ3v) is 1.66. The van der Waals surface area contributed by atoms with Crippen molar-refractivity contribution in [2.45, 2.75) is 19.4 Å². The Kier molecular flexibility index (Phi) is 14.9. The summed E-state index contributed by atoms with van der Waals surface area (Å²) in [5.74, 6) is 0. The van der Waals surface area contributed by atoms with Crippen LogP contribution in [-0.4, -0.2) is 12.2 Å². The summed E-state index contributed by atoms with van der Waals surface area (Å²) in [6, 6.07) is -0.207. The Morgan fingerprint density at radius 3 is 1.91 bits per heavy atom. The summed E-state index contributed by atoms with van der Waals surface area (Å²) >= 11 is 0. The van der Waals surface area contributed by atoms with Crippen molar-refractivity contribution in [3.63, 3.8) is 0 Å². The smallest absolute Gasteiger partial charge is 0.811 e. The Morgan fingerprint density at radius 2 is 1.82 bits per heavy atom. The Bertz CT molecular complexity index is 127. The van der Waals surface area contributed by atoms with Crippen molar-refractivity contribution < 1.29 is 73.5 Å². The summed E-state index contributed by atoms with van der Waals surface area (Å²) < 4.78 is 9.95. The van der Waals surface area contributed by atoms with Gasteiger partial charge in [-0.2, -0.15) is 0 Å². The van der Waals surface area contributed by atoms with Gasteiger partial charge in [-0.25, -0.2) is 0 Å². The van der Waals surface area contributed by atoms with Crippen LogP contribution in [0.15, 0.2) is 0 Å². The van der Waals surface area contributed by atoms with Gasteiger partial charge in [0.1, 0.15) is 0 Å². The second-order valence-corrected chi connectivity index (χ2v) is 3.77. The maximum absolute atomic E-state index is 9.95. The average molecular weight is 197 g/mol. The molecule has 0 aliphatic rings. The zero-order valence-electron chi connectivity index (χ0n) is 7.24. The molecule has 0 saturated heterocycles. The van der Waals surface area contributed by atoms with Crippen molar-refractivity contribution in [2.75, 3.05) is 6.16 Å². The van der Waals surface area contributed by atoms with Crippen LogP contribution < -0.4 is 74.6 Å². The summed E-state index contributed by atoms with van der Waals surface area (Å²) in [7, 11) is -4.30. The van der Waals surface area contributed by atoms with E-state index in [1.807, 2.05) is 0 Å². The van der Waals surface area contributed by atoms with Crippen molar-refractivity contribution in [1.82, 2.24) is 0 Å². The number of nitrogens with two attached hydrogens (primary N) is 1. The van der Waals surface area contributed by atoms with Gasteiger partial charge in [0.05, 0.1) is 0 Å². The summed E-state index contributed by atoms with van der Waals surface area (Å²) in [6.07, 6.45) is -0.0745. The molecule has 0 aromatic rings. The number of rotatable bonds is 3. The molecule has 7 heteroatoms. The van der Waals surface area contributed by atoms with Gasteiger partial charge in [0.15, 0.2) is 0 Å². The van der Waals surface area contributed by atoms with E-state index < -0.39 is 7.60 Å². The first kappa shape index (κ1) is 18.8. The van der Waals surface area contributed by atoms with E-state index in [2.05, 4.69) is 0 Å². The Labute approximate surface area is 111 Å². The van der Waals surface area contributed by atoms with Crippen LogP contribution in [0.25, 0.3) is 0 Å². The van der Waals surface area contributed by atoms with Gasteiger partial charge in [-0.15, -0.1) is 0 Å². The van der Waals surface area contributed by atoms with Crippen LogP contribution in [0.2, 0.25) is 0 Å². The van der Waals surface area contributed by atoms with E-state index in [9.17, 15) is 14.4 Å². The van der Waals surface area contributed by atoms with Crippen molar-refractivity contribution >= 4 is 7.60 Å². The third-order valence-electron chi connectivity index (χ3n) is 0.858. The van der Waals surface area contributed by atoms with Crippen LogP contribution >= 0.6 is 7.60 Å². The molecule has 0 fully saturated rings. The molecule has 1 atom stereocenters. The van der Waals surface area contributed by atoms with Crippen LogP contribution in [0.5, 0.6) is 0 Å². The third kappa shape index (κ3) is 18.8. The van der Waals surface area contributed by atoms with Crippen molar-refractivity contribution in [3.05, 3.63) is 0 Å². The van der Waals surface area contributed by atoms with Crippen LogP contribution in [0, 0.1) is 0 Å². The van der Waals surface area contributed by atoms with Crippen LogP contribution in [0.3, 0.4) is 0 Å². The minimum atomic E-state index is -4.30. The summed E-state index contributed by atoms with van der Waals surface area (Å²) in [4.78, 5) is 19.9. The second-order valence-electron chi connectivity index (χ2n) is 2.10. The normalized spacial score (nSPS) is 12.7. The quantitative estimate of drug-likeness (QED) is 0.359. The fourth-order valence-corrected chi connectivity index (χ4v) is 1.09. The van der Waals surface area contributed by atoms with Crippen molar-refractivity contribution in [2.24, 2.45) is 5.73 Å². The van der Waals surface area contributed by atoms with Gasteiger partial charge in [-0.1, -0.05) is 7.60 Å². The predicted molar refractivity (Wildman–Crippen MR) is 30.7 cm³/mol. The molecule has 0 rings (SSSR count). The molecule has 11 heavy (non-hydrogen) atoms. The van der Waals surface area contributed by atoms with Gasteiger partial charge in [0.25, 0.3) is 0 Å². The topological polar surface area (TPSA) is 89.2 Å². The Hall–Kier alpha value is 2.11. The fourth-order valence-electron chi connectivity index (χ4n) is 0.362. The molecule has 56 valence electrons. The standard InChI is InChI=1S/C4H12NO3P.2Na/c1-4(5)2-3-9(6,7)8;;/h4H,2-3,5H2,1H3,(H2,6,7,8);;/q;2*+1/p-2. The minimum Gasteiger partial charge on any atom is -0.811 e. The largest absolute Gasteiger partial charge is 1.00 e. The van der Waals surface area contributed by atoms with E-state index in [1.165, 1.54) is 0 Å². The Balaban J connectivity index is -0.000000320. The molecule has 0 heterocycles. The molecule has 1 unspecified atom stereocenters. The average Bonchev–Trinajstić information content (AvgIpc) is 1.59. The SMILES string of the molecule is CC(N)CCP(=O)([O-])[O-].[Na+].[Na+]. The second kappa shape index (κ2) is 8.70. The van der Waals surface area contributed by atoms with Crippen molar-refractivity contribution in [3.8, 4) is 0 Å². The van der Waals surface area contributed by atoms with E-state index in [-0.39, 0.29) is 77.7 Å². The van der Waals surface area contributed by atoms with Gasteiger partial charge in [0.2, 0.25) is 0 Å². The summed E-state index contributed by atoms with van der Waals surface area (Å²) in [6.45, 7) is 1.66. The van der Waals surface area contributed by atoms with E-state index in [1.54, 1.807) is 6.92 Å². The number of hydrogen-bond donors (Lipinski definition) is 1. The van der Waals surface area contributed by atoms with E-state index in [4.69, 9.17) is 5.73 Å². The predicted octanol–water partition coefficient (Wildman–Crippen LogP) is -7.35. The molecule has 0 aliphatic heterocycles. The van der Waals surface area contributed by atoms with Gasteiger partial charge in [0, 0.05) is 6.04 Å². The van der Waals surface area contributed by atoms with Gasteiger partial charge < -0.3 is 20.1 Å². The van der Waals surface area contributed by atoms with Crippen LogP contribution in [0.4, 0.5) is 0 Å². The molecule has 0 aliphatic carbocycles. The minimum absolute atomic E-state index is 0. The van der Waals surface area contributed by atoms with E-state index in [0.717, 1.165) is 0 Å². The zero-order valence-corrected chi connectivity index (χ0v) is 12.1. The number of hydrogen-bond acceptors (Lipinski definition) is 4. The molecule has 0 radical (unpaired) electrons. The Morgan fingerprint density at radius 1 is 1.45 bits per heavy atom. The van der Waals surface area contributed by atoms with Crippen LogP contribution in [0.1, 0.15) is 13.3 Å². The molecule has 0 aromatic carbocycles. The molecule has 0 spiro atoms. The maximum atomic E-state index is 9.95. The van der Waals surface area contributed by atoms with E-state index in [0.29, 0.717) is 0 Å². The maximum Gasteiger partial charge on any atom is 1.00 e. The first-order valence-corrected chi connectivity index (χ1v) is 4.41. The van der Waals surface area contributed by atoms with E-state index >= 15 is 0 Å². The molecule has 0 bridgehead atoms. The molecular weight excluding hydrogens is 187 g/mol. The molecule has 0 saturated carbocycles. The molecule has 2 N–H and O–H groups in total. The summed E-state index contributed by atoms with van der Waals surface area (Å²) in [5.41, 5.74) is 5.20. The molecular formula is C4H10NNa2O3P. The van der Waals surface area contributed by atoms with Crippen LogP contribution in [-0.2, 0) is 4.57 Å². The molecule has 0 amide bonds. The first-order valence-electron chi connectivity index (χ1n) is 2.68. The molecule has 4 nitrogen and oxygen atoms in total. The monoisotopic (exact) mass is 197 g/mol.